The van der Waals surface area contributed by atoms with E-state index in [4.69, 9.17) is 21.3 Å². The quantitative estimate of drug-likeness (QED) is 0.0730. The van der Waals surface area contributed by atoms with Crippen molar-refractivity contribution in [3.05, 3.63) is 46.7 Å². The molecule has 0 saturated carbocycles. The summed E-state index contributed by atoms with van der Waals surface area (Å²) in [6.45, 7) is 4.61. The Hall–Kier alpha value is -3.74. The first kappa shape index (κ1) is 29.8. The lowest BCUT2D eigenvalue weighted by molar-refractivity contribution is -0.145. The van der Waals surface area contributed by atoms with Crippen molar-refractivity contribution >= 4 is 34.6 Å². The summed E-state index contributed by atoms with van der Waals surface area (Å²) in [7, 11) is 0. The topological polar surface area (TPSA) is 217 Å². The molecule has 10 N–H and O–H groups in total. The first-order valence-electron chi connectivity index (χ1n) is 13.0. The van der Waals surface area contributed by atoms with Gasteiger partial charge in [-0.1, -0.05) is 19.1 Å². The molecule has 0 aliphatic carbocycles. The molecule has 2 heterocycles. The first-order valence-corrected chi connectivity index (χ1v) is 13.0. The van der Waals surface area contributed by atoms with Crippen LogP contribution in [0.25, 0.3) is 11.0 Å². The van der Waals surface area contributed by atoms with Gasteiger partial charge in [-0.3, -0.25) is 15.0 Å². The standard InChI is InChI=1S/C27H38N6O6/c1-3-15-7-8-19-17(12-15)14(2)24(39-19)23(35)22(27(37)38)33-20(34)6-4-5-10-32-26(36)18(28)13-16-9-11-31-21(16)25(29)30/h7-9,12,18,21-23,31,35H,3-6,10-11,13,28H2,1-2H3,(H3,29,30)(H,32,36)(H,33,34)(H,37,38). The average Bonchev–Trinajstić information content (AvgIpc) is 3.50. The maximum atomic E-state index is 12.5. The molecule has 2 amide bonds. The molecule has 4 atom stereocenters. The summed E-state index contributed by atoms with van der Waals surface area (Å²) < 4.78 is 5.75. The first-order chi connectivity index (χ1) is 18.5. The third-order valence-electron chi connectivity index (χ3n) is 6.90. The number of aliphatic hydroxyl groups is 1. The van der Waals surface area contributed by atoms with Crippen LogP contribution >= 0.6 is 0 Å². The van der Waals surface area contributed by atoms with E-state index in [1.54, 1.807) is 13.0 Å². The second-order valence-electron chi connectivity index (χ2n) is 9.74. The summed E-state index contributed by atoms with van der Waals surface area (Å²) in [6, 6.07) is 2.84. The largest absolute Gasteiger partial charge is 0.480 e. The molecular weight excluding hydrogens is 504 g/mol. The number of aryl methyl sites for hydroxylation is 2. The molecule has 12 nitrogen and oxygen atoms in total. The van der Waals surface area contributed by atoms with Gasteiger partial charge >= 0.3 is 5.97 Å². The zero-order chi connectivity index (χ0) is 28.7. The van der Waals surface area contributed by atoms with Gasteiger partial charge in [0.2, 0.25) is 11.8 Å². The van der Waals surface area contributed by atoms with Gasteiger partial charge in [0.1, 0.15) is 23.3 Å². The van der Waals surface area contributed by atoms with Gasteiger partial charge in [0.25, 0.3) is 0 Å². The Kier molecular flexibility index (Phi) is 10.2. The number of amidine groups is 1. The highest BCUT2D eigenvalue weighted by Gasteiger charge is 2.33. The van der Waals surface area contributed by atoms with E-state index in [9.17, 15) is 24.6 Å². The molecule has 3 rings (SSSR count). The zero-order valence-corrected chi connectivity index (χ0v) is 22.3. The number of aliphatic hydroxyl groups excluding tert-OH is 1. The number of furan rings is 1. The summed E-state index contributed by atoms with van der Waals surface area (Å²) in [5, 5.41) is 37.0. The SMILES string of the molecule is CCc1ccc2oc(C(O)C(NC(=O)CCCCNC(=O)C(N)CC3=CCNC3C(=N)N)C(=O)O)c(C)c2c1. The van der Waals surface area contributed by atoms with Gasteiger partial charge in [0.15, 0.2) is 6.04 Å². The van der Waals surface area contributed by atoms with Crippen LogP contribution in [0, 0.1) is 12.3 Å². The third kappa shape index (κ3) is 7.43. The van der Waals surface area contributed by atoms with E-state index in [-0.39, 0.29) is 36.9 Å². The van der Waals surface area contributed by atoms with Gasteiger partial charge in [-0.2, -0.15) is 0 Å². The van der Waals surface area contributed by atoms with Crippen LogP contribution in [-0.4, -0.2) is 65.0 Å². The fourth-order valence-electron chi connectivity index (χ4n) is 4.63. The summed E-state index contributed by atoms with van der Waals surface area (Å²) in [4.78, 5) is 36.6. The molecule has 4 unspecified atom stereocenters. The van der Waals surface area contributed by atoms with Gasteiger partial charge in [0.05, 0.1) is 12.1 Å². The van der Waals surface area contributed by atoms with Gasteiger partial charge in [-0.25, -0.2) is 4.79 Å². The predicted molar refractivity (Wildman–Crippen MR) is 146 cm³/mol. The predicted octanol–water partition coefficient (Wildman–Crippen LogP) is 0.744. The number of carboxylic acid groups (broad SMARTS) is 1. The number of aliphatic carboxylic acids is 1. The summed E-state index contributed by atoms with van der Waals surface area (Å²) in [5.41, 5.74) is 14.6. The molecule has 0 spiro atoms. The zero-order valence-electron chi connectivity index (χ0n) is 22.3. The average molecular weight is 543 g/mol. The number of benzene rings is 1. The highest BCUT2D eigenvalue weighted by Crippen LogP contribution is 2.32. The van der Waals surface area contributed by atoms with Crippen LogP contribution in [0.3, 0.4) is 0 Å². The van der Waals surface area contributed by atoms with Crippen molar-refractivity contribution in [3.63, 3.8) is 0 Å². The fraction of sp³-hybridized carbons (Fsp3) is 0.481. The number of hydrogen-bond donors (Lipinski definition) is 8. The number of amides is 2. The Balaban J connectivity index is 1.45. The summed E-state index contributed by atoms with van der Waals surface area (Å²) in [6.07, 6.45) is 2.25. The van der Waals surface area contributed by atoms with Crippen molar-refractivity contribution < 1.29 is 29.0 Å². The van der Waals surface area contributed by atoms with Gasteiger partial charge in [-0.05, 0) is 55.9 Å². The van der Waals surface area contributed by atoms with E-state index in [1.807, 2.05) is 25.1 Å². The van der Waals surface area contributed by atoms with E-state index >= 15 is 0 Å². The molecular formula is C27H38N6O6. The van der Waals surface area contributed by atoms with E-state index in [0.717, 1.165) is 22.9 Å². The monoisotopic (exact) mass is 542 g/mol. The van der Waals surface area contributed by atoms with Crippen LogP contribution in [0.15, 0.2) is 34.3 Å². The second-order valence-corrected chi connectivity index (χ2v) is 9.74. The van der Waals surface area contributed by atoms with Crippen molar-refractivity contribution in [1.29, 1.82) is 5.41 Å². The third-order valence-corrected chi connectivity index (χ3v) is 6.90. The molecule has 0 bridgehead atoms. The summed E-state index contributed by atoms with van der Waals surface area (Å²) in [5.74, 6) is -2.20. The van der Waals surface area contributed by atoms with E-state index in [2.05, 4.69) is 16.0 Å². The molecule has 12 heteroatoms. The summed E-state index contributed by atoms with van der Waals surface area (Å²) >= 11 is 0. The number of nitrogens with two attached hydrogens (primary N) is 2. The Morgan fingerprint density at radius 2 is 2.03 bits per heavy atom. The molecule has 39 heavy (non-hydrogen) atoms. The number of carbonyl (C=O) groups excluding carboxylic acids is 2. The molecule has 1 aliphatic heterocycles. The normalized spacial score (nSPS) is 17.3. The smallest absolute Gasteiger partial charge is 0.329 e. The molecule has 1 aromatic carbocycles. The minimum atomic E-state index is -1.58. The van der Waals surface area contributed by atoms with Crippen LogP contribution in [-0.2, 0) is 20.8 Å². The number of carbonyl (C=O) groups is 3. The molecule has 0 radical (unpaired) electrons. The van der Waals surface area contributed by atoms with Crippen LogP contribution in [0.2, 0.25) is 0 Å². The minimum Gasteiger partial charge on any atom is -0.480 e. The Morgan fingerprint density at radius 1 is 1.28 bits per heavy atom. The minimum absolute atomic E-state index is 0.0102. The maximum absolute atomic E-state index is 12.5. The fourth-order valence-corrected chi connectivity index (χ4v) is 4.63. The molecule has 0 fully saturated rings. The van der Waals surface area contributed by atoms with Crippen LogP contribution < -0.4 is 27.4 Å². The van der Waals surface area contributed by atoms with Crippen LogP contribution in [0.5, 0.6) is 0 Å². The molecule has 1 aliphatic rings. The number of hydrogen-bond acceptors (Lipinski definition) is 8. The van der Waals surface area contributed by atoms with Crippen molar-refractivity contribution in [2.45, 2.75) is 70.2 Å². The van der Waals surface area contributed by atoms with Crippen molar-refractivity contribution in [3.8, 4) is 0 Å². The van der Waals surface area contributed by atoms with E-state index in [0.29, 0.717) is 30.5 Å². The van der Waals surface area contributed by atoms with E-state index in [1.165, 1.54) is 0 Å². The highest BCUT2D eigenvalue weighted by atomic mass is 16.4. The van der Waals surface area contributed by atoms with Gasteiger partial charge < -0.3 is 42.0 Å². The van der Waals surface area contributed by atoms with Crippen LogP contribution in [0.4, 0.5) is 0 Å². The Bertz CT molecular complexity index is 1250. The lowest BCUT2D eigenvalue weighted by Gasteiger charge is -2.19. The van der Waals surface area contributed by atoms with Crippen molar-refractivity contribution in [2.24, 2.45) is 11.5 Å². The Labute approximate surface area is 226 Å². The van der Waals surface area contributed by atoms with Crippen LogP contribution in [0.1, 0.15) is 55.6 Å². The molecule has 0 saturated heterocycles. The number of rotatable bonds is 14. The van der Waals surface area contributed by atoms with Gasteiger partial charge in [-0.15, -0.1) is 0 Å². The Morgan fingerprint density at radius 3 is 2.69 bits per heavy atom. The lowest BCUT2D eigenvalue weighted by Crippen LogP contribution is -2.45. The van der Waals surface area contributed by atoms with E-state index < -0.39 is 36.1 Å². The van der Waals surface area contributed by atoms with Crippen molar-refractivity contribution in [1.82, 2.24) is 16.0 Å². The molecule has 212 valence electrons. The number of fused-ring (bicyclic) bond motifs is 1. The lowest BCUT2D eigenvalue weighted by atomic mass is 10.0. The number of carboxylic acids is 1. The van der Waals surface area contributed by atoms with Crippen molar-refractivity contribution in [2.75, 3.05) is 13.1 Å². The molecule has 2 aromatic rings. The maximum Gasteiger partial charge on any atom is 0.329 e. The van der Waals surface area contributed by atoms with Gasteiger partial charge in [0, 0.05) is 30.5 Å². The number of unbranched alkanes of at least 4 members (excludes halogenated alkanes) is 1. The molecule has 1 aromatic heterocycles. The highest BCUT2D eigenvalue weighted by molar-refractivity contribution is 5.88. The second kappa shape index (κ2) is 13.4. The number of nitrogens with one attached hydrogen (secondary N) is 4.